The van der Waals surface area contributed by atoms with Gasteiger partial charge in [-0.25, -0.2) is 0 Å². The number of aliphatic imine (C=N–C) groups is 1. The number of benzene rings is 1. The van der Waals surface area contributed by atoms with E-state index >= 15 is 0 Å². The number of halogens is 1. The monoisotopic (exact) mass is 407 g/mol. The Balaban J connectivity index is 0.00000361. The van der Waals surface area contributed by atoms with Gasteiger partial charge in [0.05, 0.1) is 0 Å². The van der Waals surface area contributed by atoms with E-state index in [2.05, 4.69) is 48.4 Å². The van der Waals surface area contributed by atoms with Crippen LogP contribution in [-0.4, -0.2) is 24.8 Å². The van der Waals surface area contributed by atoms with Crippen molar-refractivity contribution < 1.29 is 0 Å². The molecule has 1 aromatic carbocycles. The van der Waals surface area contributed by atoms with E-state index in [0.29, 0.717) is 11.9 Å². The summed E-state index contributed by atoms with van der Waals surface area (Å²) in [6.07, 6.45) is 2.17. The van der Waals surface area contributed by atoms with Crippen LogP contribution in [0.3, 0.4) is 0 Å². The fourth-order valence-electron chi connectivity index (χ4n) is 1.52. The van der Waals surface area contributed by atoms with Crippen molar-refractivity contribution in [3.05, 3.63) is 30.3 Å². The smallest absolute Gasteiger partial charge is 0.188 e. The third-order valence-electron chi connectivity index (χ3n) is 2.62. The van der Waals surface area contributed by atoms with Crippen LogP contribution in [0.15, 0.2) is 40.2 Å². The summed E-state index contributed by atoms with van der Waals surface area (Å²) in [6.45, 7) is 6.11. The molecule has 0 bridgehead atoms. The first-order valence-corrected chi connectivity index (χ1v) is 7.88. The summed E-state index contributed by atoms with van der Waals surface area (Å²) in [4.78, 5) is 5.64. The Morgan fingerprint density at radius 1 is 1.30 bits per heavy atom. The molecular formula is C15H26IN3S. The normalized spacial score (nSPS) is 11.2. The molecule has 0 atom stereocenters. The first-order chi connectivity index (χ1) is 9.18. The maximum Gasteiger partial charge on any atom is 0.188 e. The van der Waals surface area contributed by atoms with Gasteiger partial charge in [0.1, 0.15) is 0 Å². The van der Waals surface area contributed by atoms with Crippen molar-refractivity contribution in [1.29, 1.82) is 0 Å². The Hall–Kier alpha value is -0.430. The lowest BCUT2D eigenvalue weighted by Gasteiger charge is -2.07. The number of thioether (sulfide) groups is 1. The molecule has 0 heterocycles. The van der Waals surface area contributed by atoms with Crippen LogP contribution in [0.25, 0.3) is 0 Å². The molecule has 0 aliphatic heterocycles. The minimum atomic E-state index is 0. The zero-order valence-electron chi connectivity index (χ0n) is 12.3. The second-order valence-corrected chi connectivity index (χ2v) is 6.06. The third-order valence-corrected chi connectivity index (χ3v) is 3.72. The number of hydrogen-bond donors (Lipinski definition) is 2. The second-order valence-electron chi connectivity index (χ2n) is 4.89. The molecule has 0 amide bonds. The summed E-state index contributed by atoms with van der Waals surface area (Å²) >= 11 is 1.86. The molecule has 1 aromatic rings. The van der Waals surface area contributed by atoms with Crippen LogP contribution in [-0.2, 0) is 0 Å². The molecule has 0 unspecified atom stereocenters. The lowest BCUT2D eigenvalue weighted by atomic mass is 10.1. The van der Waals surface area contributed by atoms with Crippen LogP contribution in [0.4, 0.5) is 0 Å². The number of nitrogens with zero attached hydrogens (tertiary/aromatic N) is 1. The molecular weight excluding hydrogens is 381 g/mol. The highest BCUT2D eigenvalue weighted by molar-refractivity contribution is 14.0. The first-order valence-electron chi connectivity index (χ1n) is 6.90. The number of guanidine groups is 1. The van der Waals surface area contributed by atoms with E-state index in [-0.39, 0.29) is 24.0 Å². The predicted octanol–water partition coefficient (Wildman–Crippen LogP) is 3.74. The van der Waals surface area contributed by atoms with Gasteiger partial charge in [-0.15, -0.1) is 35.7 Å². The van der Waals surface area contributed by atoms with Gasteiger partial charge in [-0.2, -0.15) is 0 Å². The molecule has 3 N–H and O–H groups in total. The highest BCUT2D eigenvalue weighted by atomic mass is 127. The number of hydrogen-bond acceptors (Lipinski definition) is 2. The molecule has 3 nitrogen and oxygen atoms in total. The fourth-order valence-corrected chi connectivity index (χ4v) is 2.37. The van der Waals surface area contributed by atoms with Gasteiger partial charge in [-0.1, -0.05) is 32.0 Å². The van der Waals surface area contributed by atoms with E-state index < -0.39 is 0 Å². The molecule has 114 valence electrons. The Bertz CT molecular complexity index is 369. The zero-order valence-corrected chi connectivity index (χ0v) is 15.5. The van der Waals surface area contributed by atoms with Gasteiger partial charge in [-0.05, 0) is 36.6 Å². The summed E-state index contributed by atoms with van der Waals surface area (Å²) in [5, 5.41) is 3.14. The molecule has 0 aliphatic carbocycles. The van der Waals surface area contributed by atoms with Crippen molar-refractivity contribution in [2.24, 2.45) is 16.6 Å². The number of rotatable bonds is 8. The summed E-state index contributed by atoms with van der Waals surface area (Å²) in [5.74, 6) is 2.35. The van der Waals surface area contributed by atoms with Gasteiger partial charge in [0.25, 0.3) is 0 Å². The highest BCUT2D eigenvalue weighted by Gasteiger charge is 1.95. The molecule has 0 saturated heterocycles. The van der Waals surface area contributed by atoms with E-state index in [0.717, 1.165) is 31.7 Å². The Morgan fingerprint density at radius 2 is 2.00 bits per heavy atom. The second kappa shape index (κ2) is 12.3. The van der Waals surface area contributed by atoms with E-state index in [1.54, 1.807) is 0 Å². The largest absolute Gasteiger partial charge is 0.370 e. The maximum absolute atomic E-state index is 5.79. The lowest BCUT2D eigenvalue weighted by molar-refractivity contribution is 0.576. The van der Waals surface area contributed by atoms with Crippen molar-refractivity contribution in [3.63, 3.8) is 0 Å². The van der Waals surface area contributed by atoms with Crippen LogP contribution in [0.1, 0.15) is 26.7 Å². The molecule has 0 aliphatic rings. The third kappa shape index (κ3) is 10.4. The molecule has 20 heavy (non-hydrogen) atoms. The molecule has 1 rings (SSSR count). The van der Waals surface area contributed by atoms with E-state index in [1.807, 2.05) is 17.8 Å². The summed E-state index contributed by atoms with van der Waals surface area (Å²) in [6, 6.07) is 10.4. The standard InChI is InChI=1S/C15H25N3S.HI/c1-13(2)9-11-18-15(16)17-10-6-12-19-14-7-4-3-5-8-14;/h3-5,7-8,13H,6,9-12H2,1-2H3,(H3,16,17,18);1H. The molecule has 0 saturated carbocycles. The quantitative estimate of drug-likeness (QED) is 0.227. The van der Waals surface area contributed by atoms with Gasteiger partial charge < -0.3 is 11.1 Å². The predicted molar refractivity (Wildman–Crippen MR) is 101 cm³/mol. The van der Waals surface area contributed by atoms with Crippen LogP contribution >= 0.6 is 35.7 Å². The van der Waals surface area contributed by atoms with Crippen molar-refractivity contribution in [3.8, 4) is 0 Å². The number of nitrogens with two attached hydrogens (primary N) is 1. The SMILES string of the molecule is CC(C)CCNC(N)=NCCCSc1ccccc1.I. The lowest BCUT2D eigenvalue weighted by Crippen LogP contribution is -2.33. The Kier molecular flexibility index (Phi) is 12.1. The Morgan fingerprint density at radius 3 is 2.65 bits per heavy atom. The Labute approximate surface area is 144 Å². The van der Waals surface area contributed by atoms with E-state index in [4.69, 9.17) is 5.73 Å². The van der Waals surface area contributed by atoms with E-state index in [1.165, 1.54) is 4.90 Å². The van der Waals surface area contributed by atoms with Gasteiger partial charge in [0.15, 0.2) is 5.96 Å². The van der Waals surface area contributed by atoms with Crippen molar-refractivity contribution >= 4 is 41.7 Å². The van der Waals surface area contributed by atoms with Crippen molar-refractivity contribution in [2.45, 2.75) is 31.6 Å². The van der Waals surface area contributed by atoms with Crippen molar-refractivity contribution in [1.82, 2.24) is 5.32 Å². The van der Waals surface area contributed by atoms with Crippen LogP contribution in [0.5, 0.6) is 0 Å². The topological polar surface area (TPSA) is 50.4 Å². The van der Waals surface area contributed by atoms with Gasteiger partial charge in [-0.3, -0.25) is 4.99 Å². The van der Waals surface area contributed by atoms with Crippen LogP contribution in [0, 0.1) is 5.92 Å². The fraction of sp³-hybridized carbons (Fsp3) is 0.533. The molecule has 0 radical (unpaired) electrons. The van der Waals surface area contributed by atoms with Crippen LogP contribution < -0.4 is 11.1 Å². The minimum absolute atomic E-state index is 0. The van der Waals surface area contributed by atoms with Gasteiger partial charge in [0, 0.05) is 18.0 Å². The van der Waals surface area contributed by atoms with Gasteiger partial charge >= 0.3 is 0 Å². The molecule has 0 fully saturated rings. The van der Waals surface area contributed by atoms with Crippen LogP contribution in [0.2, 0.25) is 0 Å². The molecule has 0 spiro atoms. The highest BCUT2D eigenvalue weighted by Crippen LogP contribution is 2.17. The average molecular weight is 407 g/mol. The summed E-state index contributed by atoms with van der Waals surface area (Å²) in [7, 11) is 0. The van der Waals surface area contributed by atoms with Gasteiger partial charge in [0.2, 0.25) is 0 Å². The average Bonchev–Trinajstić information content (AvgIpc) is 2.39. The number of nitrogens with one attached hydrogen (secondary N) is 1. The molecule has 5 heteroatoms. The summed E-state index contributed by atoms with van der Waals surface area (Å²) in [5.41, 5.74) is 5.79. The minimum Gasteiger partial charge on any atom is -0.370 e. The van der Waals surface area contributed by atoms with E-state index in [9.17, 15) is 0 Å². The zero-order chi connectivity index (χ0) is 13.9. The van der Waals surface area contributed by atoms with Crippen molar-refractivity contribution in [2.75, 3.05) is 18.8 Å². The maximum atomic E-state index is 5.79. The molecule has 0 aromatic heterocycles. The first kappa shape index (κ1) is 19.6. The summed E-state index contributed by atoms with van der Waals surface area (Å²) < 4.78 is 0.